The fraction of sp³-hybridized carbons (Fsp3) is 0.216. The summed E-state index contributed by atoms with van der Waals surface area (Å²) in [6, 6.07) is 27.6. The van der Waals surface area contributed by atoms with Crippen LogP contribution in [0.25, 0.3) is 22.2 Å². The molecule has 6 rings (SSSR count). The van der Waals surface area contributed by atoms with Gasteiger partial charge in [0, 0.05) is 34.6 Å². The molecular formula is C37H35FN4O3. The molecule has 0 saturated heterocycles. The van der Waals surface area contributed by atoms with Gasteiger partial charge < -0.3 is 9.47 Å². The van der Waals surface area contributed by atoms with Crippen molar-refractivity contribution in [3.8, 4) is 11.3 Å². The molecule has 5 aromatic rings. The highest BCUT2D eigenvalue weighted by Crippen LogP contribution is 2.47. The molecule has 228 valence electrons. The predicted octanol–water partition coefficient (Wildman–Crippen LogP) is 6.71. The van der Waals surface area contributed by atoms with E-state index < -0.39 is 29.7 Å². The lowest BCUT2D eigenvalue weighted by Crippen LogP contribution is -2.54. The van der Waals surface area contributed by atoms with E-state index in [0.29, 0.717) is 12.0 Å². The number of hydrazine groups is 1. The van der Waals surface area contributed by atoms with Gasteiger partial charge in [-0.3, -0.25) is 25.2 Å². The van der Waals surface area contributed by atoms with Crippen LogP contribution in [0.15, 0.2) is 97.1 Å². The Morgan fingerprint density at radius 3 is 2.33 bits per heavy atom. The van der Waals surface area contributed by atoms with Gasteiger partial charge in [0.05, 0.1) is 11.7 Å². The Hall–Kier alpha value is -5.24. The maximum Gasteiger partial charge on any atom is 0.269 e. The molecule has 2 unspecified atom stereocenters. The standard InChI is InChI=1S/C37H35FN4O3/c1-22(2)20-31(36(44)40-39-35(43)25-10-9-11-26(38)21-25)42-34(27-12-5-6-13-28(27)37(42)45)32-29-14-7-8-15-30(29)41(4)33(32)24-18-16-23(3)17-19-24/h5-19,21-22,31,34H,20H2,1-4H3,(H,39,43)(H,40,44). The minimum absolute atomic E-state index is 0.0425. The van der Waals surface area contributed by atoms with Gasteiger partial charge in [0.1, 0.15) is 11.9 Å². The first-order chi connectivity index (χ1) is 21.7. The first-order valence-electron chi connectivity index (χ1n) is 15.1. The van der Waals surface area contributed by atoms with Crippen molar-refractivity contribution in [2.45, 2.75) is 39.3 Å². The molecule has 1 aromatic heterocycles. The summed E-state index contributed by atoms with van der Waals surface area (Å²) in [5.74, 6) is -1.96. The largest absolute Gasteiger partial charge is 0.343 e. The molecule has 8 heteroatoms. The van der Waals surface area contributed by atoms with Crippen molar-refractivity contribution < 1.29 is 18.8 Å². The van der Waals surface area contributed by atoms with Crippen molar-refractivity contribution in [3.63, 3.8) is 0 Å². The van der Waals surface area contributed by atoms with Crippen LogP contribution >= 0.6 is 0 Å². The summed E-state index contributed by atoms with van der Waals surface area (Å²) in [6.07, 6.45) is 0.350. The van der Waals surface area contributed by atoms with Crippen LogP contribution in [-0.4, -0.2) is 33.2 Å². The monoisotopic (exact) mass is 602 g/mol. The van der Waals surface area contributed by atoms with Gasteiger partial charge in [0.15, 0.2) is 0 Å². The van der Waals surface area contributed by atoms with Gasteiger partial charge in [-0.05, 0) is 60.7 Å². The number of halogens is 1. The van der Waals surface area contributed by atoms with Crippen LogP contribution in [0.2, 0.25) is 0 Å². The number of carbonyl (C=O) groups excluding carboxylic acids is 3. The van der Waals surface area contributed by atoms with E-state index in [-0.39, 0.29) is 17.4 Å². The predicted molar refractivity (Wildman–Crippen MR) is 173 cm³/mol. The van der Waals surface area contributed by atoms with Gasteiger partial charge in [0.25, 0.3) is 17.7 Å². The van der Waals surface area contributed by atoms with Gasteiger partial charge in [-0.2, -0.15) is 0 Å². The molecule has 0 bridgehead atoms. The van der Waals surface area contributed by atoms with Crippen molar-refractivity contribution >= 4 is 28.6 Å². The summed E-state index contributed by atoms with van der Waals surface area (Å²) in [5.41, 5.74) is 11.4. The summed E-state index contributed by atoms with van der Waals surface area (Å²) >= 11 is 0. The fourth-order valence-electron chi connectivity index (χ4n) is 6.41. The van der Waals surface area contributed by atoms with Crippen LogP contribution in [0.1, 0.15) is 63.7 Å². The van der Waals surface area contributed by atoms with Gasteiger partial charge in [-0.15, -0.1) is 0 Å². The van der Waals surface area contributed by atoms with Crippen LogP contribution in [0, 0.1) is 18.7 Å². The first-order valence-corrected chi connectivity index (χ1v) is 15.1. The van der Waals surface area contributed by atoms with Crippen molar-refractivity contribution in [2.24, 2.45) is 13.0 Å². The first kappa shape index (κ1) is 29.8. The highest BCUT2D eigenvalue weighted by Gasteiger charge is 2.46. The van der Waals surface area contributed by atoms with Gasteiger partial charge >= 0.3 is 0 Å². The lowest BCUT2D eigenvalue weighted by atomic mass is 9.91. The number of nitrogens with zero attached hydrogens (tertiary/aromatic N) is 2. The number of nitrogens with one attached hydrogen (secondary N) is 2. The van der Waals surface area contributed by atoms with Crippen molar-refractivity contribution in [1.82, 2.24) is 20.3 Å². The van der Waals surface area contributed by atoms with E-state index in [9.17, 15) is 18.8 Å². The molecule has 2 atom stereocenters. The molecule has 0 saturated carbocycles. The zero-order chi connectivity index (χ0) is 31.8. The van der Waals surface area contributed by atoms with Crippen LogP contribution in [-0.2, 0) is 11.8 Å². The lowest BCUT2D eigenvalue weighted by Gasteiger charge is -2.34. The third kappa shape index (κ3) is 5.48. The minimum atomic E-state index is -0.924. The Bertz CT molecular complexity index is 1930. The second-order valence-corrected chi connectivity index (χ2v) is 12.0. The SMILES string of the molecule is Cc1ccc(-c2c(C3c4ccccc4C(=O)N3C(CC(C)C)C(=O)NNC(=O)c3cccc(F)c3)c3ccccc3n2C)cc1. The number of hydrogen-bond donors (Lipinski definition) is 2. The Morgan fingerprint density at radius 2 is 1.60 bits per heavy atom. The third-order valence-corrected chi connectivity index (χ3v) is 8.46. The maximum absolute atomic E-state index is 14.4. The minimum Gasteiger partial charge on any atom is -0.343 e. The number of amides is 3. The van der Waals surface area contributed by atoms with E-state index in [4.69, 9.17) is 0 Å². The number of carbonyl (C=O) groups is 3. The van der Waals surface area contributed by atoms with E-state index in [2.05, 4.69) is 51.8 Å². The second-order valence-electron chi connectivity index (χ2n) is 12.0. The Balaban J connectivity index is 1.48. The number of benzene rings is 4. The number of aryl methyl sites for hydroxylation is 2. The molecule has 1 aliphatic rings. The van der Waals surface area contributed by atoms with E-state index in [0.717, 1.165) is 44.9 Å². The lowest BCUT2D eigenvalue weighted by molar-refractivity contribution is -0.127. The summed E-state index contributed by atoms with van der Waals surface area (Å²) in [6.45, 7) is 6.02. The molecule has 0 radical (unpaired) electrons. The molecular weight excluding hydrogens is 567 g/mol. The zero-order valence-electron chi connectivity index (χ0n) is 25.7. The number of hydrogen-bond acceptors (Lipinski definition) is 3. The summed E-state index contributed by atoms with van der Waals surface area (Å²) in [5, 5.41) is 0.984. The summed E-state index contributed by atoms with van der Waals surface area (Å²) in [4.78, 5) is 42.8. The second kappa shape index (κ2) is 12.0. The van der Waals surface area contributed by atoms with E-state index in [1.54, 1.807) is 11.0 Å². The molecule has 4 aromatic carbocycles. The molecule has 2 N–H and O–H groups in total. The maximum atomic E-state index is 14.4. The van der Waals surface area contributed by atoms with Gasteiger partial charge in [0.2, 0.25) is 0 Å². The third-order valence-electron chi connectivity index (χ3n) is 8.46. The number of rotatable bonds is 7. The Labute approximate surface area is 261 Å². The van der Waals surface area contributed by atoms with Crippen LogP contribution in [0.5, 0.6) is 0 Å². The quantitative estimate of drug-likeness (QED) is 0.203. The summed E-state index contributed by atoms with van der Waals surface area (Å²) < 4.78 is 15.9. The molecule has 2 heterocycles. The van der Waals surface area contributed by atoms with Crippen LogP contribution < -0.4 is 10.9 Å². The number of fused-ring (bicyclic) bond motifs is 2. The Morgan fingerprint density at radius 1 is 0.889 bits per heavy atom. The molecule has 0 aliphatic carbocycles. The molecule has 3 amide bonds. The van der Waals surface area contributed by atoms with Gasteiger partial charge in [-0.1, -0.05) is 86.1 Å². The zero-order valence-corrected chi connectivity index (χ0v) is 25.7. The molecule has 0 fully saturated rings. The topological polar surface area (TPSA) is 83.4 Å². The Kier molecular flexibility index (Phi) is 7.97. The van der Waals surface area contributed by atoms with E-state index >= 15 is 0 Å². The normalized spacial score (nSPS) is 14.9. The van der Waals surface area contributed by atoms with Crippen molar-refractivity contribution in [3.05, 3.63) is 131 Å². The number of aromatic nitrogens is 1. The fourth-order valence-corrected chi connectivity index (χ4v) is 6.41. The highest BCUT2D eigenvalue weighted by atomic mass is 19.1. The molecule has 1 aliphatic heterocycles. The average Bonchev–Trinajstić information content (AvgIpc) is 3.49. The van der Waals surface area contributed by atoms with Crippen LogP contribution in [0.3, 0.4) is 0 Å². The number of para-hydroxylation sites is 1. The molecule has 0 spiro atoms. The smallest absolute Gasteiger partial charge is 0.269 e. The van der Waals surface area contributed by atoms with E-state index in [1.807, 2.05) is 58.2 Å². The average molecular weight is 603 g/mol. The van der Waals surface area contributed by atoms with Crippen molar-refractivity contribution in [2.75, 3.05) is 0 Å². The highest BCUT2D eigenvalue weighted by molar-refractivity contribution is 6.05. The van der Waals surface area contributed by atoms with Crippen molar-refractivity contribution in [1.29, 1.82) is 0 Å². The van der Waals surface area contributed by atoms with E-state index in [1.165, 1.54) is 18.2 Å². The molecule has 7 nitrogen and oxygen atoms in total. The van der Waals surface area contributed by atoms with Gasteiger partial charge in [-0.25, -0.2) is 4.39 Å². The molecule has 45 heavy (non-hydrogen) atoms. The van der Waals surface area contributed by atoms with Crippen LogP contribution in [0.4, 0.5) is 4.39 Å². The summed E-state index contributed by atoms with van der Waals surface area (Å²) in [7, 11) is 2.02.